The van der Waals surface area contributed by atoms with Crippen molar-refractivity contribution >= 4 is 11.8 Å². The number of ether oxygens (including phenoxy) is 2. The molecule has 0 aliphatic carbocycles. The molecule has 33 heavy (non-hydrogen) atoms. The first-order chi connectivity index (χ1) is 16.1. The number of aromatic hydroxyl groups is 2. The summed E-state index contributed by atoms with van der Waals surface area (Å²) in [6.45, 7) is 5.09. The molecule has 0 unspecified atom stereocenters. The Labute approximate surface area is 199 Å². The molecule has 0 radical (unpaired) electrons. The van der Waals surface area contributed by atoms with Gasteiger partial charge in [-0.15, -0.1) is 11.8 Å². The smallest absolute Gasteiger partial charge is 0.140 e. The lowest BCUT2D eigenvalue weighted by Crippen LogP contribution is -2.31. The highest BCUT2D eigenvalue weighted by molar-refractivity contribution is 7.99. The van der Waals surface area contributed by atoms with Crippen LogP contribution in [0.3, 0.4) is 0 Å². The first-order valence-corrected chi connectivity index (χ1v) is 12.4. The van der Waals surface area contributed by atoms with Gasteiger partial charge in [-0.25, -0.2) is 0 Å². The highest BCUT2D eigenvalue weighted by atomic mass is 32.2. The molecule has 0 spiro atoms. The molecule has 2 N–H and O–H groups in total. The van der Waals surface area contributed by atoms with Crippen LogP contribution < -0.4 is 9.47 Å². The van der Waals surface area contributed by atoms with E-state index in [1.165, 1.54) is 12.8 Å². The molecule has 172 valence electrons. The van der Waals surface area contributed by atoms with Crippen molar-refractivity contribution in [2.75, 3.05) is 19.7 Å². The molecular formula is C27H29NO4S. The highest BCUT2D eigenvalue weighted by Gasteiger charge is 2.33. The van der Waals surface area contributed by atoms with Gasteiger partial charge in [0.25, 0.3) is 0 Å². The van der Waals surface area contributed by atoms with Crippen LogP contribution in [0.1, 0.15) is 42.2 Å². The Morgan fingerprint density at radius 3 is 2.42 bits per heavy atom. The van der Waals surface area contributed by atoms with Gasteiger partial charge in [-0.3, -0.25) is 4.90 Å². The first kappa shape index (κ1) is 22.0. The molecule has 2 aliphatic heterocycles. The molecule has 0 bridgehead atoms. The number of rotatable bonds is 6. The summed E-state index contributed by atoms with van der Waals surface area (Å²) in [7, 11) is 0. The third kappa shape index (κ3) is 4.92. The summed E-state index contributed by atoms with van der Waals surface area (Å²) in [5.74, 6) is 2.08. The molecule has 0 aromatic heterocycles. The van der Waals surface area contributed by atoms with Crippen molar-refractivity contribution in [1.29, 1.82) is 0 Å². The van der Waals surface area contributed by atoms with E-state index in [4.69, 9.17) is 9.47 Å². The molecule has 0 amide bonds. The molecule has 5 nitrogen and oxygen atoms in total. The van der Waals surface area contributed by atoms with Crippen molar-refractivity contribution in [2.45, 2.75) is 42.1 Å². The van der Waals surface area contributed by atoms with E-state index in [9.17, 15) is 10.2 Å². The van der Waals surface area contributed by atoms with Crippen molar-refractivity contribution in [3.8, 4) is 23.0 Å². The fraction of sp³-hybridized carbons (Fsp3) is 0.333. The molecule has 3 aromatic rings. The van der Waals surface area contributed by atoms with Gasteiger partial charge in [0.05, 0.1) is 10.1 Å². The Hall–Kier alpha value is -2.83. The van der Waals surface area contributed by atoms with Crippen LogP contribution >= 0.6 is 11.8 Å². The molecule has 0 saturated carbocycles. The van der Waals surface area contributed by atoms with Gasteiger partial charge in [0.15, 0.2) is 0 Å². The minimum Gasteiger partial charge on any atom is -0.508 e. The highest BCUT2D eigenvalue weighted by Crippen LogP contribution is 2.54. The summed E-state index contributed by atoms with van der Waals surface area (Å²) in [6.07, 6.45) is 2.34. The number of hydrogen-bond donors (Lipinski definition) is 2. The molecular weight excluding hydrogens is 434 g/mol. The van der Waals surface area contributed by atoms with Crippen LogP contribution in [0, 0.1) is 0 Å². The van der Waals surface area contributed by atoms with E-state index in [1.807, 2.05) is 30.3 Å². The largest absolute Gasteiger partial charge is 0.508 e. The maximum Gasteiger partial charge on any atom is 0.140 e. The molecule has 2 heterocycles. The zero-order valence-corrected chi connectivity index (χ0v) is 19.5. The molecule has 2 aliphatic rings. The Morgan fingerprint density at radius 2 is 1.70 bits per heavy atom. The van der Waals surface area contributed by atoms with Crippen molar-refractivity contribution in [1.82, 2.24) is 4.90 Å². The van der Waals surface area contributed by atoms with E-state index in [0.717, 1.165) is 40.6 Å². The van der Waals surface area contributed by atoms with Gasteiger partial charge in [0.1, 0.15) is 35.7 Å². The van der Waals surface area contributed by atoms with Crippen molar-refractivity contribution < 1.29 is 19.7 Å². The zero-order chi connectivity index (χ0) is 22.8. The number of benzene rings is 3. The Balaban J connectivity index is 1.33. The van der Waals surface area contributed by atoms with E-state index in [1.54, 1.807) is 36.0 Å². The van der Waals surface area contributed by atoms with Crippen molar-refractivity contribution in [3.63, 3.8) is 0 Å². The third-order valence-corrected chi connectivity index (χ3v) is 7.82. The summed E-state index contributed by atoms with van der Waals surface area (Å²) in [5, 5.41) is 19.6. The van der Waals surface area contributed by atoms with Crippen LogP contribution in [0.25, 0.3) is 0 Å². The molecule has 3 atom stereocenters. The van der Waals surface area contributed by atoms with Gasteiger partial charge in [-0.1, -0.05) is 24.3 Å². The number of thioether (sulfide) groups is 1. The topological polar surface area (TPSA) is 62.2 Å². The van der Waals surface area contributed by atoms with Crippen LogP contribution in [0.4, 0.5) is 0 Å². The summed E-state index contributed by atoms with van der Waals surface area (Å²) in [6, 6.07) is 21.3. The second-order valence-corrected chi connectivity index (χ2v) is 9.93. The number of hydrogen-bond acceptors (Lipinski definition) is 6. The second kappa shape index (κ2) is 9.57. The Kier molecular flexibility index (Phi) is 6.38. The van der Waals surface area contributed by atoms with E-state index in [0.29, 0.717) is 12.6 Å². The van der Waals surface area contributed by atoms with Crippen LogP contribution in [0.2, 0.25) is 0 Å². The Bertz CT molecular complexity index is 1090. The standard InChI is InChI=1S/C27H29NO4S/c1-18-3-2-14-28(18)15-16-31-23-11-6-19(7-12-23)26-27(20-4-8-21(29)9-5-20)33-25-17-22(30)10-13-24(25)32-26/h4-13,17-18,26-27,29-30H,2-3,14-16H2,1H3/t18-,26-,27+/m0/s1. The predicted octanol–water partition coefficient (Wildman–Crippen LogP) is 5.93. The van der Waals surface area contributed by atoms with E-state index >= 15 is 0 Å². The van der Waals surface area contributed by atoms with Gasteiger partial charge < -0.3 is 19.7 Å². The maximum atomic E-state index is 9.93. The average molecular weight is 464 g/mol. The SMILES string of the molecule is C[C@H]1CCCN1CCOc1ccc([C@@H]2Oc3ccc(O)cc3S[C@@H]2c2ccc(O)cc2)cc1. The molecule has 1 fully saturated rings. The number of fused-ring (bicyclic) bond motifs is 1. The van der Waals surface area contributed by atoms with Gasteiger partial charge in [-0.05, 0) is 79.9 Å². The van der Waals surface area contributed by atoms with E-state index < -0.39 is 0 Å². The fourth-order valence-electron chi connectivity index (χ4n) is 4.59. The van der Waals surface area contributed by atoms with E-state index in [-0.39, 0.29) is 22.9 Å². The van der Waals surface area contributed by atoms with Gasteiger partial charge in [0.2, 0.25) is 0 Å². The summed E-state index contributed by atoms with van der Waals surface area (Å²) < 4.78 is 12.4. The minimum atomic E-state index is -0.212. The van der Waals surface area contributed by atoms with Crippen molar-refractivity contribution in [2.24, 2.45) is 0 Å². The van der Waals surface area contributed by atoms with Crippen LogP contribution in [0.5, 0.6) is 23.0 Å². The summed E-state index contributed by atoms with van der Waals surface area (Å²) in [5.41, 5.74) is 2.11. The lowest BCUT2D eigenvalue weighted by molar-refractivity contribution is 0.190. The van der Waals surface area contributed by atoms with Gasteiger partial charge in [-0.2, -0.15) is 0 Å². The Morgan fingerprint density at radius 1 is 0.970 bits per heavy atom. The lowest BCUT2D eigenvalue weighted by Gasteiger charge is -2.34. The van der Waals surface area contributed by atoms with Crippen LogP contribution in [-0.4, -0.2) is 40.9 Å². The van der Waals surface area contributed by atoms with Gasteiger partial charge in [0, 0.05) is 12.6 Å². The van der Waals surface area contributed by atoms with Crippen LogP contribution in [-0.2, 0) is 0 Å². The number of phenolic OH excluding ortho intramolecular Hbond substituents is 2. The van der Waals surface area contributed by atoms with Crippen LogP contribution in [0.15, 0.2) is 71.6 Å². The minimum absolute atomic E-state index is 0.0247. The third-order valence-electron chi connectivity index (χ3n) is 6.48. The normalized spacial score (nSPS) is 22.5. The lowest BCUT2D eigenvalue weighted by atomic mass is 10.00. The monoisotopic (exact) mass is 463 g/mol. The molecule has 3 aromatic carbocycles. The van der Waals surface area contributed by atoms with E-state index in [2.05, 4.69) is 24.0 Å². The van der Waals surface area contributed by atoms with Crippen molar-refractivity contribution in [3.05, 3.63) is 77.9 Å². The number of phenols is 2. The first-order valence-electron chi connectivity index (χ1n) is 11.5. The summed E-state index contributed by atoms with van der Waals surface area (Å²) in [4.78, 5) is 3.39. The average Bonchev–Trinajstić information content (AvgIpc) is 3.24. The number of nitrogens with zero attached hydrogens (tertiary/aromatic N) is 1. The quantitative estimate of drug-likeness (QED) is 0.473. The molecule has 5 rings (SSSR count). The zero-order valence-electron chi connectivity index (χ0n) is 18.7. The predicted molar refractivity (Wildman–Crippen MR) is 130 cm³/mol. The maximum absolute atomic E-state index is 9.93. The second-order valence-electron chi connectivity index (χ2n) is 8.74. The molecule has 1 saturated heterocycles. The number of likely N-dealkylation sites (tertiary alicyclic amines) is 1. The molecule has 6 heteroatoms. The fourth-order valence-corrected chi connectivity index (χ4v) is 5.92. The van der Waals surface area contributed by atoms with Gasteiger partial charge >= 0.3 is 0 Å². The summed E-state index contributed by atoms with van der Waals surface area (Å²) >= 11 is 1.66.